The van der Waals surface area contributed by atoms with Crippen LogP contribution in [0.3, 0.4) is 0 Å². The highest BCUT2D eigenvalue weighted by Gasteiger charge is 2.30. The van der Waals surface area contributed by atoms with Gasteiger partial charge < -0.3 is 14.4 Å². The normalized spacial score (nSPS) is 14.5. The molecular formula is C26H26F3N5O2. The van der Waals surface area contributed by atoms with Crippen molar-refractivity contribution in [3.05, 3.63) is 65.8 Å². The molecule has 4 aromatic rings. The Morgan fingerprint density at radius 3 is 2.78 bits per heavy atom. The standard InChI is InChI=1S/C26H26F3N5O2/c27-26(28,29)20-7-3-6-19(14-20)25(35)30-12-13-34-16-31-21-15-18(9-10-22(21)34)24-32-23(36-33-24)11-8-17-4-1-2-5-17/h3,6-7,9-10,14-17H,1-2,4-5,8,11-13H2,(H,30,35). The fourth-order valence-electron chi connectivity index (χ4n) is 4.71. The van der Waals surface area contributed by atoms with Crippen molar-refractivity contribution < 1.29 is 22.5 Å². The third-order valence-electron chi connectivity index (χ3n) is 6.68. The number of halogens is 3. The van der Waals surface area contributed by atoms with Gasteiger partial charge in [-0.25, -0.2) is 4.98 Å². The van der Waals surface area contributed by atoms with Crippen molar-refractivity contribution in [2.45, 2.75) is 51.2 Å². The molecule has 2 aromatic carbocycles. The van der Waals surface area contributed by atoms with Gasteiger partial charge in [0.25, 0.3) is 5.91 Å². The first-order chi connectivity index (χ1) is 17.4. The highest BCUT2D eigenvalue weighted by Crippen LogP contribution is 2.30. The number of aromatic nitrogens is 4. The zero-order chi connectivity index (χ0) is 25.1. The summed E-state index contributed by atoms with van der Waals surface area (Å²) in [4.78, 5) is 21.3. The maximum atomic E-state index is 12.9. The third-order valence-corrected chi connectivity index (χ3v) is 6.68. The Labute approximate surface area is 205 Å². The van der Waals surface area contributed by atoms with E-state index in [2.05, 4.69) is 20.4 Å². The number of alkyl halides is 3. The second-order valence-electron chi connectivity index (χ2n) is 9.18. The Bertz CT molecular complexity index is 1360. The van der Waals surface area contributed by atoms with Crippen molar-refractivity contribution >= 4 is 16.9 Å². The fourth-order valence-corrected chi connectivity index (χ4v) is 4.71. The van der Waals surface area contributed by atoms with Crippen molar-refractivity contribution in [3.8, 4) is 11.4 Å². The second kappa shape index (κ2) is 10.1. The van der Waals surface area contributed by atoms with Gasteiger partial charge in [0, 0.05) is 30.6 Å². The van der Waals surface area contributed by atoms with Crippen LogP contribution in [0, 0.1) is 5.92 Å². The van der Waals surface area contributed by atoms with Crippen LogP contribution in [0.1, 0.15) is 53.9 Å². The number of rotatable bonds is 8. The van der Waals surface area contributed by atoms with E-state index in [1.165, 1.54) is 37.8 Å². The zero-order valence-electron chi connectivity index (χ0n) is 19.6. The Hall–Kier alpha value is -3.69. The molecule has 1 aliphatic carbocycles. The molecule has 2 aromatic heterocycles. The van der Waals surface area contributed by atoms with E-state index in [0.717, 1.165) is 47.5 Å². The molecule has 36 heavy (non-hydrogen) atoms. The first kappa shape index (κ1) is 24.0. The number of nitrogens with one attached hydrogen (secondary N) is 1. The van der Waals surface area contributed by atoms with Crippen molar-refractivity contribution in [1.29, 1.82) is 0 Å². The van der Waals surface area contributed by atoms with E-state index in [0.29, 0.717) is 18.3 Å². The van der Waals surface area contributed by atoms with Crippen molar-refractivity contribution in [3.63, 3.8) is 0 Å². The van der Waals surface area contributed by atoms with E-state index < -0.39 is 17.6 Å². The lowest BCUT2D eigenvalue weighted by molar-refractivity contribution is -0.137. The SMILES string of the molecule is O=C(NCCn1cnc2cc(-c3noc(CCC4CCCC4)n3)ccc21)c1cccc(C(F)(F)F)c1. The number of hydrogen-bond donors (Lipinski definition) is 1. The highest BCUT2D eigenvalue weighted by molar-refractivity contribution is 5.94. The third kappa shape index (κ3) is 5.42. The van der Waals surface area contributed by atoms with E-state index in [1.54, 1.807) is 6.33 Å². The van der Waals surface area contributed by atoms with Crippen molar-refractivity contribution in [2.75, 3.05) is 6.54 Å². The summed E-state index contributed by atoms with van der Waals surface area (Å²) < 4.78 is 46.0. The number of fused-ring (bicyclic) bond motifs is 1. The van der Waals surface area contributed by atoms with Gasteiger partial charge in [-0.3, -0.25) is 4.79 Å². The Kier molecular flexibility index (Phi) is 6.75. The number of aryl methyl sites for hydroxylation is 1. The van der Waals surface area contributed by atoms with E-state index in [4.69, 9.17) is 4.52 Å². The number of nitrogens with zero attached hydrogens (tertiary/aromatic N) is 4. The van der Waals surface area contributed by atoms with E-state index in [-0.39, 0.29) is 12.1 Å². The molecule has 10 heteroatoms. The van der Waals surface area contributed by atoms with Gasteiger partial charge in [0.1, 0.15) is 0 Å². The quantitative estimate of drug-likeness (QED) is 0.340. The summed E-state index contributed by atoms with van der Waals surface area (Å²) in [6.07, 6.45) is 4.24. The lowest BCUT2D eigenvalue weighted by Gasteiger charge is -2.10. The van der Waals surface area contributed by atoms with Crippen LogP contribution in [0.25, 0.3) is 22.4 Å². The van der Waals surface area contributed by atoms with Gasteiger partial charge in [-0.2, -0.15) is 18.2 Å². The largest absolute Gasteiger partial charge is 0.416 e. The molecule has 1 fully saturated rings. The maximum absolute atomic E-state index is 12.9. The lowest BCUT2D eigenvalue weighted by Crippen LogP contribution is -2.27. The molecular weight excluding hydrogens is 471 g/mol. The molecule has 7 nitrogen and oxygen atoms in total. The average Bonchev–Trinajstić information content (AvgIpc) is 3.63. The van der Waals surface area contributed by atoms with Crippen LogP contribution in [0.2, 0.25) is 0 Å². The van der Waals surface area contributed by atoms with Crippen LogP contribution in [0.5, 0.6) is 0 Å². The molecule has 1 N–H and O–H groups in total. The average molecular weight is 498 g/mol. The van der Waals surface area contributed by atoms with Crippen LogP contribution in [0.15, 0.2) is 53.3 Å². The number of hydrogen-bond acceptors (Lipinski definition) is 5. The molecule has 0 unspecified atom stereocenters. The summed E-state index contributed by atoms with van der Waals surface area (Å²) in [6.45, 7) is 0.644. The minimum absolute atomic E-state index is 0.0346. The smallest absolute Gasteiger partial charge is 0.350 e. The molecule has 188 valence electrons. The molecule has 1 saturated carbocycles. The Morgan fingerprint density at radius 1 is 1.14 bits per heavy atom. The summed E-state index contributed by atoms with van der Waals surface area (Å²) in [6, 6.07) is 10.1. The molecule has 0 aliphatic heterocycles. The van der Waals surface area contributed by atoms with Gasteiger partial charge in [0.15, 0.2) is 0 Å². The van der Waals surface area contributed by atoms with E-state index >= 15 is 0 Å². The molecule has 0 saturated heterocycles. The maximum Gasteiger partial charge on any atom is 0.416 e. The van der Waals surface area contributed by atoms with Gasteiger partial charge >= 0.3 is 6.18 Å². The summed E-state index contributed by atoms with van der Waals surface area (Å²) >= 11 is 0. The molecule has 0 spiro atoms. The zero-order valence-corrected chi connectivity index (χ0v) is 19.6. The number of carbonyl (C=O) groups excluding carboxylic acids is 1. The Balaban J connectivity index is 1.19. The van der Waals surface area contributed by atoms with Gasteiger partial charge in [0.05, 0.1) is 22.9 Å². The number of imidazole rings is 1. The second-order valence-corrected chi connectivity index (χ2v) is 9.18. The molecule has 0 bridgehead atoms. The lowest BCUT2D eigenvalue weighted by atomic mass is 10.0. The van der Waals surface area contributed by atoms with E-state index in [1.807, 2.05) is 22.8 Å². The molecule has 1 aliphatic rings. The van der Waals surface area contributed by atoms with Crippen LogP contribution in [-0.4, -0.2) is 32.1 Å². The minimum Gasteiger partial charge on any atom is -0.350 e. The first-order valence-corrected chi connectivity index (χ1v) is 12.1. The molecule has 1 amide bonds. The summed E-state index contributed by atoms with van der Waals surface area (Å²) in [5.41, 5.74) is 1.52. The molecule has 2 heterocycles. The van der Waals surface area contributed by atoms with Crippen LogP contribution in [-0.2, 0) is 19.1 Å². The van der Waals surface area contributed by atoms with Crippen LogP contribution >= 0.6 is 0 Å². The highest BCUT2D eigenvalue weighted by atomic mass is 19.4. The summed E-state index contributed by atoms with van der Waals surface area (Å²) in [5.74, 6) is 1.38. The molecule has 0 atom stereocenters. The number of carbonyl (C=O) groups is 1. The summed E-state index contributed by atoms with van der Waals surface area (Å²) in [7, 11) is 0. The summed E-state index contributed by atoms with van der Waals surface area (Å²) in [5, 5.41) is 6.79. The molecule has 5 rings (SSSR count). The predicted octanol–water partition coefficient (Wildman–Crippen LogP) is 5.66. The topological polar surface area (TPSA) is 85.8 Å². The fraction of sp³-hybridized carbons (Fsp3) is 0.385. The van der Waals surface area contributed by atoms with E-state index in [9.17, 15) is 18.0 Å². The monoisotopic (exact) mass is 497 g/mol. The van der Waals surface area contributed by atoms with Crippen molar-refractivity contribution in [2.24, 2.45) is 5.92 Å². The van der Waals surface area contributed by atoms with Crippen molar-refractivity contribution in [1.82, 2.24) is 25.0 Å². The van der Waals surface area contributed by atoms with Gasteiger partial charge in [-0.1, -0.05) is 36.9 Å². The van der Waals surface area contributed by atoms with Gasteiger partial charge in [-0.05, 0) is 48.7 Å². The predicted molar refractivity (Wildman–Crippen MR) is 127 cm³/mol. The molecule has 0 radical (unpaired) electrons. The van der Waals surface area contributed by atoms with Crippen LogP contribution in [0.4, 0.5) is 13.2 Å². The number of amides is 1. The van der Waals surface area contributed by atoms with Gasteiger partial charge in [-0.15, -0.1) is 0 Å². The van der Waals surface area contributed by atoms with Gasteiger partial charge in [0.2, 0.25) is 11.7 Å². The Morgan fingerprint density at radius 2 is 1.97 bits per heavy atom. The minimum atomic E-state index is -4.50. The number of benzene rings is 2. The van der Waals surface area contributed by atoms with Crippen LogP contribution < -0.4 is 5.32 Å². The first-order valence-electron chi connectivity index (χ1n) is 12.1.